The van der Waals surface area contributed by atoms with Gasteiger partial charge in [-0.25, -0.2) is 4.39 Å². The minimum atomic E-state index is -0.342. The molecule has 2 N–H and O–H groups in total. The lowest BCUT2D eigenvalue weighted by Crippen LogP contribution is -2.09. The van der Waals surface area contributed by atoms with Gasteiger partial charge in [-0.3, -0.25) is 4.79 Å². The summed E-state index contributed by atoms with van der Waals surface area (Å²) in [6.45, 7) is 3.85. The summed E-state index contributed by atoms with van der Waals surface area (Å²) < 4.78 is 18.3. The van der Waals surface area contributed by atoms with Crippen molar-refractivity contribution in [1.82, 2.24) is 0 Å². The lowest BCUT2D eigenvalue weighted by atomic mass is 9.97. The van der Waals surface area contributed by atoms with Crippen molar-refractivity contribution in [2.24, 2.45) is 0 Å². The number of nitrogen functional groups attached to an aromatic ring is 1. The fourth-order valence-corrected chi connectivity index (χ4v) is 1.52. The molecule has 0 amide bonds. The third-order valence-corrected chi connectivity index (χ3v) is 2.33. The molecule has 0 aliphatic rings. The van der Waals surface area contributed by atoms with Crippen molar-refractivity contribution in [1.29, 1.82) is 0 Å². The van der Waals surface area contributed by atoms with E-state index in [4.69, 9.17) is 10.5 Å². The zero-order chi connectivity index (χ0) is 12.1. The summed E-state index contributed by atoms with van der Waals surface area (Å²) in [7, 11) is 0. The van der Waals surface area contributed by atoms with E-state index in [0.29, 0.717) is 17.9 Å². The van der Waals surface area contributed by atoms with Crippen LogP contribution in [-0.2, 0) is 9.53 Å². The molecule has 1 atom stereocenters. The zero-order valence-corrected chi connectivity index (χ0v) is 9.50. The predicted octanol–water partition coefficient (Wildman–Crippen LogP) is 2.46. The van der Waals surface area contributed by atoms with Crippen LogP contribution in [-0.4, -0.2) is 12.6 Å². The molecule has 0 aliphatic heterocycles. The number of carbonyl (C=O) groups is 1. The molecule has 88 valence electrons. The van der Waals surface area contributed by atoms with Gasteiger partial charge in [-0.1, -0.05) is 6.92 Å². The van der Waals surface area contributed by atoms with Crippen molar-refractivity contribution in [3.05, 3.63) is 29.6 Å². The Hall–Kier alpha value is -1.58. The van der Waals surface area contributed by atoms with Crippen molar-refractivity contribution in [3.8, 4) is 0 Å². The molecule has 1 unspecified atom stereocenters. The Labute approximate surface area is 94.4 Å². The van der Waals surface area contributed by atoms with Crippen LogP contribution in [0.2, 0.25) is 0 Å². The average Bonchev–Trinajstić information content (AvgIpc) is 2.21. The van der Waals surface area contributed by atoms with Gasteiger partial charge in [-0.2, -0.15) is 0 Å². The normalized spacial score (nSPS) is 12.2. The smallest absolute Gasteiger partial charge is 0.306 e. The average molecular weight is 225 g/mol. The van der Waals surface area contributed by atoms with Crippen LogP contribution in [0.5, 0.6) is 0 Å². The first-order valence-corrected chi connectivity index (χ1v) is 5.25. The van der Waals surface area contributed by atoms with Gasteiger partial charge in [-0.15, -0.1) is 0 Å². The second-order valence-corrected chi connectivity index (χ2v) is 3.69. The summed E-state index contributed by atoms with van der Waals surface area (Å²) in [6, 6.07) is 4.36. The molecule has 0 aromatic heterocycles. The highest BCUT2D eigenvalue weighted by Crippen LogP contribution is 2.24. The number of ether oxygens (including phenoxy) is 1. The van der Waals surface area contributed by atoms with Crippen LogP contribution < -0.4 is 5.73 Å². The number of anilines is 1. The van der Waals surface area contributed by atoms with Crippen molar-refractivity contribution < 1.29 is 13.9 Å². The van der Waals surface area contributed by atoms with Gasteiger partial charge in [0.1, 0.15) is 5.82 Å². The monoisotopic (exact) mass is 225 g/mol. The fourth-order valence-electron chi connectivity index (χ4n) is 1.52. The van der Waals surface area contributed by atoms with Gasteiger partial charge >= 0.3 is 5.97 Å². The molecule has 0 radical (unpaired) electrons. The Kier molecular flexibility index (Phi) is 4.28. The summed E-state index contributed by atoms with van der Waals surface area (Å²) in [5.41, 5.74) is 6.52. The number of hydrogen-bond donors (Lipinski definition) is 1. The first-order chi connectivity index (χ1) is 7.54. The van der Waals surface area contributed by atoms with Crippen LogP contribution in [0, 0.1) is 5.82 Å². The molecule has 0 heterocycles. The number of carbonyl (C=O) groups excluding carboxylic acids is 1. The highest BCUT2D eigenvalue weighted by atomic mass is 19.1. The van der Waals surface area contributed by atoms with Gasteiger partial charge in [-0.05, 0) is 36.6 Å². The van der Waals surface area contributed by atoms with Gasteiger partial charge in [0, 0.05) is 5.69 Å². The molecular weight excluding hydrogens is 209 g/mol. The molecule has 0 fully saturated rings. The highest BCUT2D eigenvalue weighted by Gasteiger charge is 2.15. The molecule has 3 nitrogen and oxygen atoms in total. The molecule has 0 saturated heterocycles. The van der Waals surface area contributed by atoms with Crippen LogP contribution in [0.3, 0.4) is 0 Å². The van der Waals surface area contributed by atoms with E-state index in [1.807, 2.05) is 0 Å². The second-order valence-electron chi connectivity index (χ2n) is 3.69. The largest absolute Gasteiger partial charge is 0.466 e. The first-order valence-electron chi connectivity index (χ1n) is 5.25. The maximum absolute atomic E-state index is 13.4. The Morgan fingerprint density at radius 1 is 1.56 bits per heavy atom. The summed E-state index contributed by atoms with van der Waals surface area (Å²) in [6.07, 6.45) is 0.161. The fraction of sp³-hybridized carbons (Fsp3) is 0.417. The van der Waals surface area contributed by atoms with E-state index in [-0.39, 0.29) is 24.1 Å². The maximum Gasteiger partial charge on any atom is 0.306 e. The van der Waals surface area contributed by atoms with Crippen molar-refractivity contribution in [3.63, 3.8) is 0 Å². The van der Waals surface area contributed by atoms with Crippen molar-refractivity contribution in [2.75, 3.05) is 12.3 Å². The van der Waals surface area contributed by atoms with E-state index < -0.39 is 0 Å². The van der Waals surface area contributed by atoms with Gasteiger partial charge in [0.2, 0.25) is 0 Å². The molecule has 1 aromatic rings. The standard InChI is InChI=1S/C12H16FNO2/c1-3-16-12(15)6-8(2)10-7-9(14)4-5-11(10)13/h4-5,7-8H,3,6,14H2,1-2H3. The lowest BCUT2D eigenvalue weighted by Gasteiger charge is -2.12. The van der Waals surface area contributed by atoms with Crippen LogP contribution in [0.15, 0.2) is 18.2 Å². The van der Waals surface area contributed by atoms with E-state index in [9.17, 15) is 9.18 Å². The number of nitrogens with two attached hydrogens (primary N) is 1. The Balaban J connectivity index is 2.76. The predicted molar refractivity (Wildman–Crippen MR) is 60.5 cm³/mol. The third-order valence-electron chi connectivity index (χ3n) is 2.33. The van der Waals surface area contributed by atoms with Gasteiger partial charge in [0.15, 0.2) is 0 Å². The molecule has 0 spiro atoms. The zero-order valence-electron chi connectivity index (χ0n) is 9.50. The minimum absolute atomic E-state index is 0.161. The Morgan fingerprint density at radius 2 is 2.25 bits per heavy atom. The first kappa shape index (κ1) is 12.5. The molecule has 0 bridgehead atoms. The number of benzene rings is 1. The van der Waals surface area contributed by atoms with Crippen LogP contribution in [0.25, 0.3) is 0 Å². The second kappa shape index (κ2) is 5.49. The molecular formula is C12H16FNO2. The van der Waals surface area contributed by atoms with Gasteiger partial charge < -0.3 is 10.5 Å². The summed E-state index contributed by atoms with van der Waals surface area (Å²) in [4.78, 5) is 11.2. The Bertz CT molecular complexity index is 379. The van der Waals surface area contributed by atoms with E-state index in [1.165, 1.54) is 12.1 Å². The molecule has 16 heavy (non-hydrogen) atoms. The highest BCUT2D eigenvalue weighted by molar-refractivity contribution is 5.70. The van der Waals surface area contributed by atoms with Crippen molar-refractivity contribution >= 4 is 11.7 Å². The van der Waals surface area contributed by atoms with E-state index in [1.54, 1.807) is 19.9 Å². The van der Waals surface area contributed by atoms with E-state index >= 15 is 0 Å². The van der Waals surface area contributed by atoms with Gasteiger partial charge in [0.25, 0.3) is 0 Å². The van der Waals surface area contributed by atoms with Crippen molar-refractivity contribution in [2.45, 2.75) is 26.2 Å². The summed E-state index contributed by atoms with van der Waals surface area (Å²) in [5.74, 6) is -0.898. The molecule has 1 aromatic carbocycles. The van der Waals surface area contributed by atoms with E-state index in [0.717, 1.165) is 0 Å². The van der Waals surface area contributed by atoms with Gasteiger partial charge in [0.05, 0.1) is 13.0 Å². The summed E-state index contributed by atoms with van der Waals surface area (Å²) >= 11 is 0. The van der Waals surface area contributed by atoms with Crippen LogP contribution in [0.1, 0.15) is 31.7 Å². The summed E-state index contributed by atoms with van der Waals surface area (Å²) in [5, 5.41) is 0. The molecule has 0 saturated carbocycles. The third kappa shape index (κ3) is 3.22. The number of hydrogen-bond acceptors (Lipinski definition) is 3. The SMILES string of the molecule is CCOC(=O)CC(C)c1cc(N)ccc1F. The lowest BCUT2D eigenvalue weighted by molar-refractivity contribution is -0.143. The number of halogens is 1. The molecule has 1 rings (SSSR count). The quantitative estimate of drug-likeness (QED) is 0.632. The number of esters is 1. The van der Waals surface area contributed by atoms with Crippen LogP contribution >= 0.6 is 0 Å². The van der Waals surface area contributed by atoms with E-state index in [2.05, 4.69) is 0 Å². The molecule has 4 heteroatoms. The maximum atomic E-state index is 13.4. The topological polar surface area (TPSA) is 52.3 Å². The van der Waals surface area contributed by atoms with Crippen LogP contribution in [0.4, 0.5) is 10.1 Å². The minimum Gasteiger partial charge on any atom is -0.466 e. The number of rotatable bonds is 4. The Morgan fingerprint density at radius 3 is 2.88 bits per heavy atom. The molecule has 0 aliphatic carbocycles.